The van der Waals surface area contributed by atoms with Gasteiger partial charge in [0.1, 0.15) is 5.75 Å². The van der Waals surface area contributed by atoms with E-state index in [1.807, 2.05) is 0 Å². The maximum atomic E-state index is 11.4. The van der Waals surface area contributed by atoms with Gasteiger partial charge in [-0.25, -0.2) is 0 Å². The van der Waals surface area contributed by atoms with Gasteiger partial charge in [-0.1, -0.05) is 13.0 Å². The lowest BCUT2D eigenvalue weighted by molar-refractivity contribution is 0.176. The first kappa shape index (κ1) is 18.4. The van der Waals surface area contributed by atoms with Gasteiger partial charge in [-0.05, 0) is 57.2 Å². The molecule has 0 spiro atoms. The van der Waals surface area contributed by atoms with Crippen molar-refractivity contribution in [3.8, 4) is 5.75 Å². The van der Waals surface area contributed by atoms with Gasteiger partial charge < -0.3 is 25.4 Å². The lowest BCUT2D eigenvalue weighted by Gasteiger charge is -2.16. The number of phenols is 1. The second kappa shape index (κ2) is 8.82. The molecule has 0 aliphatic carbocycles. The number of nitrogens with zero attached hydrogens (tertiary/aromatic N) is 1. The van der Waals surface area contributed by atoms with Crippen LogP contribution in [-0.4, -0.2) is 53.3 Å². The minimum Gasteiger partial charge on any atom is -0.506 e. The highest BCUT2D eigenvalue weighted by molar-refractivity contribution is 5.87. The third kappa shape index (κ3) is 4.80. The predicted octanol–water partition coefficient (Wildman–Crippen LogP) is 1.59. The van der Waals surface area contributed by atoms with Crippen molar-refractivity contribution in [1.82, 2.24) is 15.2 Å². The summed E-state index contributed by atoms with van der Waals surface area (Å²) in [5.41, 5.74) is 0.776. The zero-order valence-corrected chi connectivity index (χ0v) is 14.4. The average Bonchev–Trinajstić information content (AvgIpc) is 2.58. The van der Waals surface area contributed by atoms with E-state index in [1.165, 1.54) is 12.1 Å². The Morgan fingerprint density at radius 1 is 1.25 bits per heavy atom. The maximum Gasteiger partial charge on any atom is 0.248 e. The number of rotatable bonds is 9. The third-order valence-electron chi connectivity index (χ3n) is 4.29. The van der Waals surface area contributed by atoms with Crippen molar-refractivity contribution in [2.24, 2.45) is 0 Å². The number of nitrogens with one attached hydrogen (secondary N) is 2. The van der Waals surface area contributed by atoms with Crippen LogP contribution in [0.5, 0.6) is 5.75 Å². The molecule has 6 nitrogen and oxygen atoms in total. The van der Waals surface area contributed by atoms with Crippen LogP contribution in [0.4, 0.5) is 0 Å². The van der Waals surface area contributed by atoms with E-state index in [1.54, 1.807) is 12.1 Å². The van der Waals surface area contributed by atoms with Crippen molar-refractivity contribution in [3.63, 3.8) is 0 Å². The zero-order chi connectivity index (χ0) is 17.5. The van der Waals surface area contributed by atoms with Crippen LogP contribution in [0.15, 0.2) is 29.1 Å². The molecule has 0 aliphatic rings. The molecule has 2 aromatic rings. The highest BCUT2D eigenvalue weighted by Gasteiger charge is 2.13. The Hall–Kier alpha value is -1.89. The fraction of sp³-hybridized carbons (Fsp3) is 0.500. The maximum absolute atomic E-state index is 11.4. The van der Waals surface area contributed by atoms with Crippen molar-refractivity contribution < 1.29 is 10.2 Å². The van der Waals surface area contributed by atoms with Gasteiger partial charge in [-0.2, -0.15) is 0 Å². The fourth-order valence-corrected chi connectivity index (χ4v) is 2.69. The first-order valence-corrected chi connectivity index (χ1v) is 8.45. The van der Waals surface area contributed by atoms with Gasteiger partial charge in [0, 0.05) is 18.0 Å². The molecule has 2 rings (SSSR count). The summed E-state index contributed by atoms with van der Waals surface area (Å²) in [6.07, 6.45) is 1.48. The first-order valence-electron chi connectivity index (χ1n) is 8.45. The van der Waals surface area contributed by atoms with E-state index in [4.69, 9.17) is 0 Å². The lowest BCUT2D eigenvalue weighted by Crippen LogP contribution is -2.24. The standard InChI is InChI=1S/C18H27N3O3/c1-3-21(2)11-5-4-10-19-12-16(23)13-6-8-15(22)18-14(13)7-9-17(24)20-18/h6-9,16,19,22-23H,3-5,10-12H2,1-2H3,(H,20,24). The van der Waals surface area contributed by atoms with Crippen molar-refractivity contribution in [3.05, 3.63) is 40.2 Å². The number of aromatic amines is 1. The normalized spacial score (nSPS) is 12.8. The summed E-state index contributed by atoms with van der Waals surface area (Å²) in [6, 6.07) is 6.22. The van der Waals surface area contributed by atoms with Gasteiger partial charge in [-0.3, -0.25) is 4.79 Å². The number of aromatic hydroxyl groups is 1. The van der Waals surface area contributed by atoms with E-state index in [9.17, 15) is 15.0 Å². The molecule has 0 aliphatic heterocycles. The molecule has 1 heterocycles. The second-order valence-corrected chi connectivity index (χ2v) is 6.11. The second-order valence-electron chi connectivity index (χ2n) is 6.11. The minimum absolute atomic E-state index is 0.00616. The Labute approximate surface area is 142 Å². The van der Waals surface area contributed by atoms with E-state index in [0.717, 1.165) is 32.5 Å². The SMILES string of the molecule is CCN(C)CCCCNCC(O)c1ccc(O)c2[nH]c(=O)ccc12. The smallest absolute Gasteiger partial charge is 0.248 e. The summed E-state index contributed by atoms with van der Waals surface area (Å²) in [4.78, 5) is 16.3. The number of aromatic nitrogens is 1. The summed E-state index contributed by atoms with van der Waals surface area (Å²) >= 11 is 0. The van der Waals surface area contributed by atoms with Crippen LogP contribution >= 0.6 is 0 Å². The molecule has 0 saturated heterocycles. The number of pyridine rings is 1. The monoisotopic (exact) mass is 333 g/mol. The van der Waals surface area contributed by atoms with Gasteiger partial charge in [0.15, 0.2) is 0 Å². The summed E-state index contributed by atoms with van der Waals surface area (Å²) in [5.74, 6) is 0.00616. The largest absolute Gasteiger partial charge is 0.506 e. The molecule has 132 valence electrons. The summed E-state index contributed by atoms with van der Waals surface area (Å²) in [5, 5.41) is 24.2. The molecule has 1 aromatic carbocycles. The summed E-state index contributed by atoms with van der Waals surface area (Å²) < 4.78 is 0. The summed E-state index contributed by atoms with van der Waals surface area (Å²) in [6.45, 7) is 5.56. The van der Waals surface area contributed by atoms with Crippen LogP contribution in [0.25, 0.3) is 10.9 Å². The molecule has 0 radical (unpaired) electrons. The molecule has 4 N–H and O–H groups in total. The molecular formula is C18H27N3O3. The van der Waals surface area contributed by atoms with Crippen molar-refractivity contribution >= 4 is 10.9 Å². The van der Waals surface area contributed by atoms with E-state index in [-0.39, 0.29) is 11.3 Å². The number of aliphatic hydroxyl groups is 1. The van der Waals surface area contributed by atoms with Gasteiger partial charge in [0.2, 0.25) is 5.56 Å². The molecule has 24 heavy (non-hydrogen) atoms. The van der Waals surface area contributed by atoms with E-state index in [2.05, 4.69) is 29.2 Å². The Morgan fingerprint density at radius 2 is 2.04 bits per heavy atom. The molecule has 0 fully saturated rings. The van der Waals surface area contributed by atoms with Crippen LogP contribution in [-0.2, 0) is 0 Å². The van der Waals surface area contributed by atoms with E-state index >= 15 is 0 Å². The molecule has 1 atom stereocenters. The Kier molecular flexibility index (Phi) is 6.78. The van der Waals surface area contributed by atoms with Crippen LogP contribution in [0.3, 0.4) is 0 Å². The first-order chi connectivity index (χ1) is 11.5. The molecule has 0 saturated carbocycles. The van der Waals surface area contributed by atoms with Gasteiger partial charge in [0.25, 0.3) is 0 Å². The summed E-state index contributed by atoms with van der Waals surface area (Å²) in [7, 11) is 2.11. The highest BCUT2D eigenvalue weighted by atomic mass is 16.3. The molecule has 0 amide bonds. The molecule has 1 aromatic heterocycles. The lowest BCUT2D eigenvalue weighted by atomic mass is 10.0. The molecule has 0 bridgehead atoms. The number of fused-ring (bicyclic) bond motifs is 1. The number of phenolic OH excluding ortho intramolecular Hbond substituents is 1. The molecular weight excluding hydrogens is 306 g/mol. The van der Waals surface area contributed by atoms with E-state index in [0.29, 0.717) is 23.0 Å². The van der Waals surface area contributed by atoms with Crippen molar-refractivity contribution in [2.45, 2.75) is 25.9 Å². The van der Waals surface area contributed by atoms with Crippen molar-refractivity contribution in [2.75, 3.05) is 33.2 Å². The number of hydrogen-bond acceptors (Lipinski definition) is 5. The van der Waals surface area contributed by atoms with Gasteiger partial charge in [0.05, 0.1) is 11.6 Å². The number of unbranched alkanes of at least 4 members (excludes halogenated alkanes) is 1. The Morgan fingerprint density at radius 3 is 2.79 bits per heavy atom. The van der Waals surface area contributed by atoms with Crippen molar-refractivity contribution in [1.29, 1.82) is 0 Å². The number of benzene rings is 1. The topological polar surface area (TPSA) is 88.6 Å². The van der Waals surface area contributed by atoms with Crippen LogP contribution in [0, 0.1) is 0 Å². The highest BCUT2D eigenvalue weighted by Crippen LogP contribution is 2.28. The predicted molar refractivity (Wildman–Crippen MR) is 96.5 cm³/mol. The number of H-pyrrole nitrogens is 1. The van der Waals surface area contributed by atoms with Gasteiger partial charge >= 0.3 is 0 Å². The van der Waals surface area contributed by atoms with Crippen LogP contribution in [0.1, 0.15) is 31.4 Å². The Bertz CT molecular complexity index is 714. The van der Waals surface area contributed by atoms with Gasteiger partial charge in [-0.15, -0.1) is 0 Å². The third-order valence-corrected chi connectivity index (χ3v) is 4.29. The van der Waals surface area contributed by atoms with E-state index < -0.39 is 6.10 Å². The fourth-order valence-electron chi connectivity index (χ4n) is 2.69. The van der Waals surface area contributed by atoms with Crippen LogP contribution < -0.4 is 10.9 Å². The quantitative estimate of drug-likeness (QED) is 0.523. The Balaban J connectivity index is 1.91. The molecule has 6 heteroatoms. The average molecular weight is 333 g/mol. The zero-order valence-electron chi connectivity index (χ0n) is 14.4. The number of hydrogen-bond donors (Lipinski definition) is 4. The number of aliphatic hydroxyl groups excluding tert-OH is 1. The van der Waals surface area contributed by atoms with Crippen LogP contribution in [0.2, 0.25) is 0 Å². The minimum atomic E-state index is -0.697. The molecule has 1 unspecified atom stereocenters.